The van der Waals surface area contributed by atoms with Crippen molar-refractivity contribution in [3.8, 4) is 0 Å². The van der Waals surface area contributed by atoms with Gasteiger partial charge >= 0.3 is 11.9 Å². The summed E-state index contributed by atoms with van der Waals surface area (Å²) in [6, 6.07) is 0. The van der Waals surface area contributed by atoms with Crippen molar-refractivity contribution in [1.29, 1.82) is 0 Å². The van der Waals surface area contributed by atoms with Crippen molar-refractivity contribution in [2.24, 2.45) is 0 Å². The standard InChI is InChI=1S/C42H64O5/c1-3-5-7-9-11-13-15-17-18-19-20-21-22-23-25-27-29-31-33-35-37-42(45)47-40(38-43)39-46-41(44)36-34-32-30-28-26-24-16-14-12-10-8-6-4-2/h5-8,10-14,16-18,20-21,23,25,29,31,40,43H,3-4,9,15,19,22,24,26-28,30,32-39H2,1-2H3/b7-5+,8-6+,12-10+,13-11+,16-14+,18-17+,21-20+,25-23+,31-29+. The highest BCUT2D eigenvalue weighted by molar-refractivity contribution is 5.70. The molecule has 0 rings (SSSR count). The quantitative estimate of drug-likeness (QED) is 0.0363. The van der Waals surface area contributed by atoms with Gasteiger partial charge in [0.05, 0.1) is 6.61 Å². The van der Waals surface area contributed by atoms with Gasteiger partial charge in [-0.2, -0.15) is 0 Å². The number of esters is 2. The van der Waals surface area contributed by atoms with E-state index in [1.165, 1.54) is 0 Å². The van der Waals surface area contributed by atoms with Gasteiger partial charge in [-0.3, -0.25) is 9.59 Å². The van der Waals surface area contributed by atoms with E-state index in [1.54, 1.807) is 0 Å². The molecule has 1 unspecified atom stereocenters. The molecule has 0 bridgehead atoms. The van der Waals surface area contributed by atoms with E-state index in [4.69, 9.17) is 9.47 Å². The summed E-state index contributed by atoms with van der Waals surface area (Å²) in [5.41, 5.74) is 0. The van der Waals surface area contributed by atoms with Gasteiger partial charge in [-0.1, -0.05) is 142 Å². The fourth-order valence-electron chi connectivity index (χ4n) is 4.21. The Kier molecular flexibility index (Phi) is 34.3. The number of carbonyl (C=O) groups excluding carboxylic acids is 2. The second-order valence-electron chi connectivity index (χ2n) is 11.2. The molecule has 0 saturated carbocycles. The minimum absolute atomic E-state index is 0.108. The molecule has 0 aliphatic carbocycles. The average Bonchev–Trinajstić information content (AvgIpc) is 3.07. The zero-order valence-electron chi connectivity index (χ0n) is 29.5. The normalized spacial score (nSPS) is 13.5. The van der Waals surface area contributed by atoms with Gasteiger partial charge in [0.2, 0.25) is 0 Å². The van der Waals surface area contributed by atoms with Gasteiger partial charge < -0.3 is 14.6 Å². The topological polar surface area (TPSA) is 72.8 Å². The first kappa shape index (κ1) is 43.6. The second kappa shape index (κ2) is 37.0. The number of ether oxygens (including phenoxy) is 2. The number of aliphatic hydroxyl groups excluding tert-OH is 1. The third-order valence-corrected chi connectivity index (χ3v) is 6.87. The monoisotopic (exact) mass is 648 g/mol. The Morgan fingerprint density at radius 3 is 1.55 bits per heavy atom. The van der Waals surface area contributed by atoms with Crippen LogP contribution < -0.4 is 0 Å². The van der Waals surface area contributed by atoms with Gasteiger partial charge in [0.25, 0.3) is 0 Å². The van der Waals surface area contributed by atoms with E-state index in [1.807, 2.05) is 6.08 Å². The minimum atomic E-state index is -0.817. The third-order valence-electron chi connectivity index (χ3n) is 6.87. The maximum atomic E-state index is 12.1. The molecule has 5 nitrogen and oxygen atoms in total. The maximum Gasteiger partial charge on any atom is 0.306 e. The van der Waals surface area contributed by atoms with Crippen molar-refractivity contribution >= 4 is 11.9 Å². The molecule has 0 aromatic heterocycles. The molecule has 0 aliphatic rings. The first-order valence-corrected chi connectivity index (χ1v) is 18.0. The number of rotatable bonds is 30. The lowest BCUT2D eigenvalue weighted by atomic mass is 10.1. The molecule has 0 spiro atoms. The predicted octanol–water partition coefficient (Wildman–Crippen LogP) is 11.1. The highest BCUT2D eigenvalue weighted by Crippen LogP contribution is 2.09. The summed E-state index contributed by atoms with van der Waals surface area (Å²) < 4.78 is 10.5. The number of aliphatic hydroxyl groups is 1. The third kappa shape index (κ3) is 35.3. The van der Waals surface area contributed by atoms with Crippen LogP contribution in [0, 0.1) is 0 Å². The first-order chi connectivity index (χ1) is 23.1. The zero-order chi connectivity index (χ0) is 34.3. The number of hydrogen-bond acceptors (Lipinski definition) is 5. The number of carbonyl (C=O) groups is 2. The van der Waals surface area contributed by atoms with Crippen LogP contribution in [-0.4, -0.2) is 36.4 Å². The van der Waals surface area contributed by atoms with E-state index in [-0.39, 0.29) is 31.6 Å². The van der Waals surface area contributed by atoms with E-state index in [0.29, 0.717) is 12.8 Å². The molecular weight excluding hydrogens is 584 g/mol. The molecule has 0 amide bonds. The average molecular weight is 649 g/mol. The lowest BCUT2D eigenvalue weighted by Crippen LogP contribution is -2.28. The molecule has 5 heteroatoms. The Labute approximate surface area is 287 Å². The summed E-state index contributed by atoms with van der Waals surface area (Å²) >= 11 is 0. The smallest absolute Gasteiger partial charge is 0.306 e. The van der Waals surface area contributed by atoms with Crippen molar-refractivity contribution in [1.82, 2.24) is 0 Å². The van der Waals surface area contributed by atoms with Gasteiger partial charge in [0.15, 0.2) is 6.10 Å². The van der Waals surface area contributed by atoms with Crippen LogP contribution in [0.25, 0.3) is 0 Å². The van der Waals surface area contributed by atoms with Crippen LogP contribution in [0.5, 0.6) is 0 Å². The molecular formula is C42H64O5. The van der Waals surface area contributed by atoms with Crippen molar-refractivity contribution in [3.05, 3.63) is 109 Å². The molecule has 0 aromatic rings. The Morgan fingerprint density at radius 2 is 0.979 bits per heavy atom. The van der Waals surface area contributed by atoms with E-state index >= 15 is 0 Å². The molecule has 1 atom stereocenters. The highest BCUT2D eigenvalue weighted by atomic mass is 16.6. The minimum Gasteiger partial charge on any atom is -0.462 e. The van der Waals surface area contributed by atoms with Gasteiger partial charge in [-0.05, 0) is 77.0 Å². The molecule has 0 saturated heterocycles. The van der Waals surface area contributed by atoms with Crippen LogP contribution in [0.3, 0.4) is 0 Å². The number of allylic oxidation sites excluding steroid dienone is 18. The summed E-state index contributed by atoms with van der Waals surface area (Å²) in [7, 11) is 0. The molecule has 1 N–H and O–H groups in total. The molecule has 0 heterocycles. The van der Waals surface area contributed by atoms with Gasteiger partial charge in [-0.15, -0.1) is 0 Å². The van der Waals surface area contributed by atoms with Gasteiger partial charge in [-0.25, -0.2) is 0 Å². The van der Waals surface area contributed by atoms with Crippen LogP contribution in [-0.2, 0) is 19.1 Å². The molecule has 0 radical (unpaired) electrons. The Hall–Kier alpha value is -3.44. The fourth-order valence-corrected chi connectivity index (χ4v) is 4.21. The summed E-state index contributed by atoms with van der Waals surface area (Å²) in [4.78, 5) is 24.2. The van der Waals surface area contributed by atoms with Gasteiger partial charge in [0.1, 0.15) is 6.61 Å². The van der Waals surface area contributed by atoms with Crippen LogP contribution in [0.4, 0.5) is 0 Å². The predicted molar refractivity (Wildman–Crippen MR) is 200 cm³/mol. The van der Waals surface area contributed by atoms with Gasteiger partial charge in [0, 0.05) is 12.8 Å². The maximum absolute atomic E-state index is 12.1. The fraction of sp³-hybridized carbons (Fsp3) is 0.524. The molecule has 47 heavy (non-hydrogen) atoms. The first-order valence-electron chi connectivity index (χ1n) is 18.0. The molecule has 262 valence electrons. The Morgan fingerprint density at radius 1 is 0.511 bits per heavy atom. The lowest BCUT2D eigenvalue weighted by Gasteiger charge is -2.15. The van der Waals surface area contributed by atoms with E-state index in [2.05, 4.69) is 117 Å². The molecule has 0 fully saturated rings. The van der Waals surface area contributed by atoms with Crippen molar-refractivity contribution in [2.75, 3.05) is 13.2 Å². The molecule has 0 aromatic carbocycles. The summed E-state index contributed by atoms with van der Waals surface area (Å²) in [6.45, 7) is 3.79. The van der Waals surface area contributed by atoms with Crippen LogP contribution in [0.15, 0.2) is 109 Å². The summed E-state index contributed by atoms with van der Waals surface area (Å²) in [5, 5.41) is 9.52. The second-order valence-corrected chi connectivity index (χ2v) is 11.2. The van der Waals surface area contributed by atoms with E-state index < -0.39 is 6.10 Å². The zero-order valence-corrected chi connectivity index (χ0v) is 29.5. The van der Waals surface area contributed by atoms with Crippen LogP contribution in [0.2, 0.25) is 0 Å². The van der Waals surface area contributed by atoms with E-state index in [0.717, 1.165) is 89.9 Å². The summed E-state index contributed by atoms with van der Waals surface area (Å²) in [6.07, 6.45) is 52.9. The van der Waals surface area contributed by atoms with Crippen molar-refractivity contribution < 1.29 is 24.2 Å². The summed E-state index contributed by atoms with van der Waals surface area (Å²) in [5.74, 6) is -0.700. The van der Waals surface area contributed by atoms with E-state index in [9.17, 15) is 14.7 Å². The largest absolute Gasteiger partial charge is 0.462 e. The Bertz CT molecular complexity index is 1010. The molecule has 0 aliphatic heterocycles. The van der Waals surface area contributed by atoms with Crippen molar-refractivity contribution in [3.63, 3.8) is 0 Å². The SMILES string of the molecule is CC/C=C/C=C/C=C/CCCCCCCC(=O)OCC(CO)OC(=O)CCC/C=C/C/C=C/C/C=C/C/C=C/C/C=C/C/C=C/CC. The Balaban J connectivity index is 3.78. The number of unbranched alkanes of at least 4 members (excludes halogenated alkanes) is 6. The van der Waals surface area contributed by atoms with Crippen molar-refractivity contribution in [2.45, 2.75) is 129 Å². The van der Waals surface area contributed by atoms with Crippen LogP contribution in [0.1, 0.15) is 123 Å². The lowest BCUT2D eigenvalue weighted by molar-refractivity contribution is -0.161. The highest BCUT2D eigenvalue weighted by Gasteiger charge is 2.15. The number of hydrogen-bond donors (Lipinski definition) is 1. The van der Waals surface area contributed by atoms with Crippen LogP contribution >= 0.6 is 0 Å².